The summed E-state index contributed by atoms with van der Waals surface area (Å²) < 4.78 is 0. The minimum atomic E-state index is -1.07. The SMILES string of the molecule is O=C(N[C@@H](Cc1c2ccccc2cc2ccccc12)C(=O)O)c1cccnc1. The lowest BCUT2D eigenvalue weighted by Gasteiger charge is -2.18. The zero-order valence-electron chi connectivity index (χ0n) is 15.0. The average Bonchev–Trinajstić information content (AvgIpc) is 2.73. The summed E-state index contributed by atoms with van der Waals surface area (Å²) in [4.78, 5) is 28.3. The van der Waals surface area contributed by atoms with Crippen LogP contribution in [0.3, 0.4) is 0 Å². The summed E-state index contributed by atoms with van der Waals surface area (Å²) in [5, 5.41) is 16.4. The second-order valence-electron chi connectivity index (χ2n) is 6.61. The van der Waals surface area contributed by atoms with E-state index < -0.39 is 17.9 Å². The number of carbonyl (C=O) groups excluding carboxylic acids is 1. The molecule has 0 aliphatic carbocycles. The number of nitrogens with zero attached hydrogens (tertiary/aromatic N) is 1. The lowest BCUT2D eigenvalue weighted by atomic mass is 9.92. The van der Waals surface area contributed by atoms with Crippen LogP contribution in [0, 0.1) is 0 Å². The number of hydrogen-bond donors (Lipinski definition) is 2. The monoisotopic (exact) mass is 370 g/mol. The Kier molecular flexibility index (Phi) is 4.72. The molecule has 0 fully saturated rings. The molecule has 0 bridgehead atoms. The maximum absolute atomic E-state index is 12.5. The van der Waals surface area contributed by atoms with E-state index in [1.807, 2.05) is 48.5 Å². The summed E-state index contributed by atoms with van der Waals surface area (Å²) in [7, 11) is 0. The first-order chi connectivity index (χ1) is 13.6. The summed E-state index contributed by atoms with van der Waals surface area (Å²) >= 11 is 0. The number of rotatable bonds is 5. The topological polar surface area (TPSA) is 79.3 Å². The summed E-state index contributed by atoms with van der Waals surface area (Å²) in [6.45, 7) is 0. The molecule has 0 saturated carbocycles. The van der Waals surface area contributed by atoms with E-state index in [-0.39, 0.29) is 6.42 Å². The number of carboxylic acids is 1. The van der Waals surface area contributed by atoms with Crippen molar-refractivity contribution in [1.82, 2.24) is 10.3 Å². The van der Waals surface area contributed by atoms with Crippen LogP contribution >= 0.6 is 0 Å². The van der Waals surface area contributed by atoms with E-state index >= 15 is 0 Å². The Labute approximate surface area is 161 Å². The van der Waals surface area contributed by atoms with E-state index in [2.05, 4.69) is 16.4 Å². The van der Waals surface area contributed by atoms with Gasteiger partial charge in [-0.15, -0.1) is 0 Å². The molecular weight excluding hydrogens is 352 g/mol. The number of benzene rings is 3. The third-order valence-corrected chi connectivity index (χ3v) is 4.82. The largest absolute Gasteiger partial charge is 0.480 e. The standard InChI is InChI=1S/C23H18N2O3/c26-22(17-8-5-11-24-14-17)25-21(23(27)28)13-20-18-9-3-1-6-15(18)12-16-7-2-4-10-19(16)20/h1-12,14,21H,13H2,(H,25,26)(H,27,28)/t21-/m0/s1. The third kappa shape index (κ3) is 3.42. The van der Waals surface area contributed by atoms with E-state index in [0.717, 1.165) is 27.1 Å². The normalized spacial score (nSPS) is 12.0. The van der Waals surface area contributed by atoms with Gasteiger partial charge < -0.3 is 10.4 Å². The minimum Gasteiger partial charge on any atom is -0.480 e. The van der Waals surface area contributed by atoms with Crippen molar-refractivity contribution in [2.24, 2.45) is 0 Å². The van der Waals surface area contributed by atoms with Crippen molar-refractivity contribution in [2.75, 3.05) is 0 Å². The molecule has 0 aliphatic heterocycles. The molecule has 2 N–H and O–H groups in total. The molecule has 0 saturated heterocycles. The molecule has 1 amide bonds. The average molecular weight is 370 g/mol. The third-order valence-electron chi connectivity index (χ3n) is 4.82. The Hall–Kier alpha value is -3.73. The highest BCUT2D eigenvalue weighted by Gasteiger charge is 2.23. The van der Waals surface area contributed by atoms with Crippen molar-refractivity contribution < 1.29 is 14.7 Å². The fourth-order valence-corrected chi connectivity index (χ4v) is 3.47. The maximum atomic E-state index is 12.5. The van der Waals surface area contributed by atoms with E-state index in [4.69, 9.17) is 0 Å². The molecule has 0 aliphatic rings. The van der Waals surface area contributed by atoms with Gasteiger partial charge in [0.1, 0.15) is 6.04 Å². The fraction of sp³-hybridized carbons (Fsp3) is 0.0870. The van der Waals surface area contributed by atoms with Crippen LogP contribution in [0.5, 0.6) is 0 Å². The predicted molar refractivity (Wildman–Crippen MR) is 108 cm³/mol. The van der Waals surface area contributed by atoms with E-state index in [1.165, 1.54) is 6.20 Å². The second kappa shape index (κ2) is 7.48. The summed E-state index contributed by atoms with van der Waals surface area (Å²) in [6.07, 6.45) is 3.17. The number of amides is 1. The predicted octanol–water partition coefficient (Wildman–Crippen LogP) is 3.81. The van der Waals surface area contributed by atoms with Crippen molar-refractivity contribution >= 4 is 33.4 Å². The van der Waals surface area contributed by atoms with E-state index in [1.54, 1.807) is 18.3 Å². The van der Waals surface area contributed by atoms with Gasteiger partial charge in [-0.25, -0.2) is 4.79 Å². The van der Waals surface area contributed by atoms with Gasteiger partial charge in [0.2, 0.25) is 0 Å². The number of carbonyl (C=O) groups is 2. The fourth-order valence-electron chi connectivity index (χ4n) is 3.47. The smallest absolute Gasteiger partial charge is 0.326 e. The Morgan fingerprint density at radius 3 is 2.14 bits per heavy atom. The maximum Gasteiger partial charge on any atom is 0.326 e. The van der Waals surface area contributed by atoms with Gasteiger partial charge in [0.05, 0.1) is 5.56 Å². The van der Waals surface area contributed by atoms with Crippen molar-refractivity contribution in [1.29, 1.82) is 0 Å². The molecule has 4 aromatic rings. The molecular formula is C23H18N2O3. The first-order valence-corrected chi connectivity index (χ1v) is 8.96. The molecule has 1 atom stereocenters. The Morgan fingerprint density at radius 1 is 0.929 bits per heavy atom. The van der Waals surface area contributed by atoms with Gasteiger partial charge in [-0.3, -0.25) is 9.78 Å². The number of pyridine rings is 1. The molecule has 0 unspecified atom stereocenters. The van der Waals surface area contributed by atoms with Crippen LogP contribution in [-0.2, 0) is 11.2 Å². The molecule has 0 radical (unpaired) electrons. The number of nitrogens with one attached hydrogen (secondary N) is 1. The van der Waals surface area contributed by atoms with Gasteiger partial charge in [-0.1, -0.05) is 48.5 Å². The van der Waals surface area contributed by atoms with Gasteiger partial charge in [-0.05, 0) is 45.3 Å². The van der Waals surface area contributed by atoms with Gasteiger partial charge in [0.15, 0.2) is 0 Å². The molecule has 1 heterocycles. The van der Waals surface area contributed by atoms with Crippen LogP contribution in [0.2, 0.25) is 0 Å². The zero-order chi connectivity index (χ0) is 19.5. The molecule has 5 heteroatoms. The number of aromatic nitrogens is 1. The highest BCUT2D eigenvalue weighted by Crippen LogP contribution is 2.29. The summed E-state index contributed by atoms with van der Waals surface area (Å²) in [5.74, 6) is -1.53. The first kappa shape index (κ1) is 17.7. The van der Waals surface area contributed by atoms with Crippen LogP contribution in [0.25, 0.3) is 21.5 Å². The Balaban J connectivity index is 1.75. The van der Waals surface area contributed by atoms with Crippen LogP contribution in [0.4, 0.5) is 0 Å². The highest BCUT2D eigenvalue weighted by atomic mass is 16.4. The number of hydrogen-bond acceptors (Lipinski definition) is 3. The van der Waals surface area contributed by atoms with Gasteiger partial charge in [0, 0.05) is 18.8 Å². The number of fused-ring (bicyclic) bond motifs is 2. The van der Waals surface area contributed by atoms with Gasteiger partial charge in [-0.2, -0.15) is 0 Å². The molecule has 138 valence electrons. The van der Waals surface area contributed by atoms with Crippen molar-refractivity contribution in [3.63, 3.8) is 0 Å². The molecule has 0 spiro atoms. The van der Waals surface area contributed by atoms with Crippen LogP contribution in [0.15, 0.2) is 79.1 Å². The molecule has 4 rings (SSSR count). The summed E-state index contributed by atoms with van der Waals surface area (Å²) in [6, 6.07) is 20.1. The molecule has 3 aromatic carbocycles. The Bertz CT molecular complexity index is 1120. The highest BCUT2D eigenvalue weighted by molar-refractivity contribution is 6.03. The zero-order valence-corrected chi connectivity index (χ0v) is 15.0. The summed E-state index contributed by atoms with van der Waals surface area (Å²) in [5.41, 5.74) is 1.24. The van der Waals surface area contributed by atoms with Crippen molar-refractivity contribution in [3.05, 3.63) is 90.3 Å². The molecule has 5 nitrogen and oxygen atoms in total. The Morgan fingerprint density at radius 2 is 1.57 bits per heavy atom. The van der Waals surface area contributed by atoms with E-state index in [0.29, 0.717) is 5.56 Å². The first-order valence-electron chi connectivity index (χ1n) is 8.96. The quantitative estimate of drug-likeness (QED) is 0.524. The van der Waals surface area contributed by atoms with Gasteiger partial charge >= 0.3 is 5.97 Å². The van der Waals surface area contributed by atoms with E-state index in [9.17, 15) is 14.7 Å². The van der Waals surface area contributed by atoms with Crippen molar-refractivity contribution in [2.45, 2.75) is 12.5 Å². The van der Waals surface area contributed by atoms with Crippen LogP contribution in [0.1, 0.15) is 15.9 Å². The second-order valence-corrected chi connectivity index (χ2v) is 6.61. The van der Waals surface area contributed by atoms with Crippen LogP contribution in [-0.4, -0.2) is 28.0 Å². The molecule has 28 heavy (non-hydrogen) atoms. The van der Waals surface area contributed by atoms with Crippen LogP contribution < -0.4 is 5.32 Å². The number of carboxylic acid groups (broad SMARTS) is 1. The lowest BCUT2D eigenvalue weighted by molar-refractivity contribution is -0.139. The van der Waals surface area contributed by atoms with Crippen molar-refractivity contribution in [3.8, 4) is 0 Å². The number of aliphatic carboxylic acids is 1. The molecule has 1 aromatic heterocycles. The minimum absolute atomic E-state index is 0.184. The van der Waals surface area contributed by atoms with Gasteiger partial charge in [0.25, 0.3) is 5.91 Å². The lowest BCUT2D eigenvalue weighted by Crippen LogP contribution is -2.42.